The maximum Gasteiger partial charge on any atom is 0.192 e. The van der Waals surface area contributed by atoms with Crippen LogP contribution in [0.2, 0.25) is 0 Å². The summed E-state index contributed by atoms with van der Waals surface area (Å²) in [5, 5.41) is 18.6. The molecule has 1 aliphatic rings. The molecule has 108 valence electrons. The van der Waals surface area contributed by atoms with Crippen molar-refractivity contribution < 1.29 is 0 Å². The molecular weight excluding hydrogens is 280 g/mol. The minimum atomic E-state index is -0.136. The molecule has 0 unspecified atom stereocenters. The largest absolute Gasteiger partial charge is 0.309 e. The van der Waals surface area contributed by atoms with Gasteiger partial charge in [0, 0.05) is 13.0 Å². The van der Waals surface area contributed by atoms with Crippen molar-refractivity contribution in [3.8, 4) is 6.07 Å². The quantitative estimate of drug-likeness (QED) is 0.795. The van der Waals surface area contributed by atoms with Crippen molar-refractivity contribution in [2.75, 3.05) is 0 Å². The van der Waals surface area contributed by atoms with E-state index in [1.807, 2.05) is 11.6 Å². The van der Waals surface area contributed by atoms with Crippen LogP contribution >= 0.6 is 11.8 Å². The van der Waals surface area contributed by atoms with Crippen LogP contribution in [-0.2, 0) is 13.5 Å². The van der Waals surface area contributed by atoms with Crippen molar-refractivity contribution in [2.24, 2.45) is 7.05 Å². The van der Waals surface area contributed by atoms with E-state index < -0.39 is 0 Å². The Hall–Kier alpha value is -1.80. The lowest BCUT2D eigenvalue weighted by Crippen LogP contribution is -2.06. The van der Waals surface area contributed by atoms with Crippen LogP contribution in [0.1, 0.15) is 35.7 Å². The Balaban J connectivity index is 1.69. The van der Waals surface area contributed by atoms with Gasteiger partial charge in [0.1, 0.15) is 11.1 Å². The van der Waals surface area contributed by atoms with Crippen LogP contribution in [0.4, 0.5) is 0 Å². The summed E-state index contributed by atoms with van der Waals surface area (Å²) in [6.45, 7) is 2.07. The molecule has 21 heavy (non-hydrogen) atoms. The van der Waals surface area contributed by atoms with Crippen LogP contribution in [0.5, 0.6) is 0 Å². The van der Waals surface area contributed by atoms with E-state index in [2.05, 4.69) is 47.5 Å². The first-order valence-electron chi connectivity index (χ1n) is 7.18. The number of hydrogen-bond donors (Lipinski definition) is 0. The first-order valence-corrected chi connectivity index (χ1v) is 8.06. The maximum atomic E-state index is 9.39. The number of hydrogen-bond acceptors (Lipinski definition) is 4. The van der Waals surface area contributed by atoms with Crippen LogP contribution < -0.4 is 0 Å². The van der Waals surface area contributed by atoms with Gasteiger partial charge in [-0.3, -0.25) is 0 Å². The van der Waals surface area contributed by atoms with E-state index in [-0.39, 0.29) is 5.25 Å². The summed E-state index contributed by atoms with van der Waals surface area (Å²) in [5.74, 6) is 1.64. The van der Waals surface area contributed by atoms with E-state index in [0.29, 0.717) is 5.92 Å². The van der Waals surface area contributed by atoms with E-state index in [1.54, 1.807) is 0 Å². The van der Waals surface area contributed by atoms with Crippen molar-refractivity contribution in [1.82, 2.24) is 14.8 Å². The third-order valence-corrected chi connectivity index (χ3v) is 4.87. The molecule has 0 bridgehead atoms. The molecule has 1 saturated carbocycles. The van der Waals surface area contributed by atoms with E-state index in [1.165, 1.54) is 35.7 Å². The molecule has 1 aromatic heterocycles. The van der Waals surface area contributed by atoms with Gasteiger partial charge in [0.2, 0.25) is 0 Å². The van der Waals surface area contributed by atoms with Crippen molar-refractivity contribution >= 4 is 11.8 Å². The molecule has 1 aromatic carbocycles. The maximum absolute atomic E-state index is 9.39. The van der Waals surface area contributed by atoms with Gasteiger partial charge in [0.25, 0.3) is 0 Å². The van der Waals surface area contributed by atoms with Gasteiger partial charge < -0.3 is 4.57 Å². The smallest absolute Gasteiger partial charge is 0.192 e. The first kappa shape index (κ1) is 14.2. The molecule has 0 N–H and O–H groups in total. The summed E-state index contributed by atoms with van der Waals surface area (Å²) in [6, 6.07) is 10.7. The molecule has 1 fully saturated rings. The van der Waals surface area contributed by atoms with Crippen LogP contribution in [0, 0.1) is 18.3 Å². The van der Waals surface area contributed by atoms with Gasteiger partial charge in [0.15, 0.2) is 5.16 Å². The summed E-state index contributed by atoms with van der Waals surface area (Å²) in [5.41, 5.74) is 2.42. The lowest BCUT2D eigenvalue weighted by molar-refractivity contribution is 0.735. The highest BCUT2D eigenvalue weighted by molar-refractivity contribution is 8.00. The number of aromatic nitrogens is 3. The molecule has 0 spiro atoms. The van der Waals surface area contributed by atoms with Gasteiger partial charge in [-0.15, -0.1) is 10.2 Å². The first-order chi connectivity index (χ1) is 10.2. The molecule has 0 radical (unpaired) electrons. The number of nitriles is 1. The third kappa shape index (κ3) is 3.27. The standard InChI is InChI=1S/C16H18N4S/c1-11-3-5-12(6-4-11)9-14(10-17)21-16-19-18-15(20(16)2)13-7-8-13/h3-6,13-14H,7-9H2,1-2H3/t14-/m0/s1. The van der Waals surface area contributed by atoms with E-state index >= 15 is 0 Å². The lowest BCUT2D eigenvalue weighted by Gasteiger charge is -2.09. The number of benzene rings is 1. The van der Waals surface area contributed by atoms with Gasteiger partial charge in [-0.2, -0.15) is 5.26 Å². The second kappa shape index (κ2) is 5.90. The Bertz CT molecular complexity index is 665. The number of aryl methyl sites for hydroxylation is 1. The molecule has 1 heterocycles. The van der Waals surface area contributed by atoms with Crippen molar-refractivity contribution in [3.63, 3.8) is 0 Å². The minimum absolute atomic E-state index is 0.136. The predicted molar refractivity (Wildman–Crippen MR) is 83.1 cm³/mol. The number of thioether (sulfide) groups is 1. The third-order valence-electron chi connectivity index (χ3n) is 3.74. The molecular formula is C16H18N4S. The summed E-state index contributed by atoms with van der Waals surface area (Å²) in [6.07, 6.45) is 3.15. The number of nitrogens with zero attached hydrogens (tertiary/aromatic N) is 4. The van der Waals surface area contributed by atoms with Gasteiger partial charge in [-0.25, -0.2) is 0 Å². The Morgan fingerprint density at radius 3 is 2.67 bits per heavy atom. The summed E-state index contributed by atoms with van der Waals surface area (Å²) < 4.78 is 2.04. The lowest BCUT2D eigenvalue weighted by atomic mass is 10.1. The SMILES string of the molecule is Cc1ccc(C[C@@H](C#N)Sc2nnc(C3CC3)n2C)cc1. The second-order valence-corrected chi connectivity index (χ2v) is 6.77. The predicted octanol–water partition coefficient (Wildman–Crippen LogP) is 3.23. The Kier molecular flexibility index (Phi) is 3.98. The fraction of sp³-hybridized carbons (Fsp3) is 0.438. The Morgan fingerprint density at radius 2 is 2.05 bits per heavy atom. The van der Waals surface area contributed by atoms with E-state index in [4.69, 9.17) is 0 Å². The van der Waals surface area contributed by atoms with Gasteiger partial charge in [0.05, 0.1) is 6.07 Å². The molecule has 2 aromatic rings. The van der Waals surface area contributed by atoms with E-state index in [9.17, 15) is 5.26 Å². The zero-order chi connectivity index (χ0) is 14.8. The van der Waals surface area contributed by atoms with Crippen LogP contribution in [0.3, 0.4) is 0 Å². The highest BCUT2D eigenvalue weighted by atomic mass is 32.2. The van der Waals surface area contributed by atoms with Crippen molar-refractivity contribution in [2.45, 2.75) is 42.5 Å². The Labute approximate surface area is 129 Å². The zero-order valence-corrected chi connectivity index (χ0v) is 13.1. The van der Waals surface area contributed by atoms with Crippen molar-refractivity contribution in [3.05, 3.63) is 41.2 Å². The van der Waals surface area contributed by atoms with E-state index in [0.717, 1.165) is 17.4 Å². The van der Waals surface area contributed by atoms with Crippen LogP contribution in [0.25, 0.3) is 0 Å². The molecule has 0 aliphatic heterocycles. The van der Waals surface area contributed by atoms with Crippen LogP contribution in [-0.4, -0.2) is 20.0 Å². The van der Waals surface area contributed by atoms with Crippen molar-refractivity contribution in [1.29, 1.82) is 5.26 Å². The average molecular weight is 298 g/mol. The van der Waals surface area contributed by atoms with Gasteiger partial charge in [-0.1, -0.05) is 41.6 Å². The summed E-state index contributed by atoms with van der Waals surface area (Å²) in [4.78, 5) is 0. The molecule has 0 amide bonds. The van der Waals surface area contributed by atoms with Gasteiger partial charge in [-0.05, 0) is 31.7 Å². The number of rotatable bonds is 5. The molecule has 5 heteroatoms. The molecule has 0 saturated heterocycles. The molecule has 1 aliphatic carbocycles. The minimum Gasteiger partial charge on any atom is -0.309 e. The normalized spacial score (nSPS) is 15.7. The molecule has 1 atom stereocenters. The Morgan fingerprint density at radius 1 is 1.33 bits per heavy atom. The fourth-order valence-corrected chi connectivity index (χ4v) is 3.23. The highest BCUT2D eigenvalue weighted by Gasteiger charge is 2.29. The topological polar surface area (TPSA) is 54.5 Å². The second-order valence-electron chi connectivity index (χ2n) is 5.60. The monoisotopic (exact) mass is 298 g/mol. The molecule has 4 nitrogen and oxygen atoms in total. The summed E-state index contributed by atoms with van der Waals surface area (Å²) in [7, 11) is 2.00. The highest BCUT2D eigenvalue weighted by Crippen LogP contribution is 2.39. The zero-order valence-electron chi connectivity index (χ0n) is 12.3. The molecule has 3 rings (SSSR count). The fourth-order valence-electron chi connectivity index (χ4n) is 2.30. The summed E-state index contributed by atoms with van der Waals surface area (Å²) >= 11 is 1.51. The van der Waals surface area contributed by atoms with Gasteiger partial charge >= 0.3 is 0 Å². The van der Waals surface area contributed by atoms with Crippen LogP contribution in [0.15, 0.2) is 29.4 Å². The average Bonchev–Trinajstić information content (AvgIpc) is 3.26.